The van der Waals surface area contributed by atoms with E-state index >= 15 is 0 Å². The van der Waals surface area contributed by atoms with Gasteiger partial charge in [0.1, 0.15) is 0 Å². The first-order valence-electron chi connectivity index (χ1n) is 6.84. The molecule has 0 spiro atoms. The number of esters is 1. The average molecular weight is 314 g/mol. The molecule has 4 nitrogen and oxygen atoms in total. The molecule has 0 bridgehead atoms. The summed E-state index contributed by atoms with van der Waals surface area (Å²) in [5.74, 6) is -0.378. The number of methoxy groups -OCH3 is 1. The largest absolute Gasteiger partial charge is 0.465 e. The average Bonchev–Trinajstić information content (AvgIpc) is 2.50. The van der Waals surface area contributed by atoms with Crippen LogP contribution in [0.5, 0.6) is 0 Å². The number of rotatable bonds is 3. The summed E-state index contributed by atoms with van der Waals surface area (Å²) < 4.78 is 4.71. The summed E-state index contributed by atoms with van der Waals surface area (Å²) in [6.07, 6.45) is 0. The van der Waals surface area contributed by atoms with Gasteiger partial charge in [0.2, 0.25) is 0 Å². The summed E-state index contributed by atoms with van der Waals surface area (Å²) in [5, 5.41) is 6.74. The third-order valence-electron chi connectivity index (χ3n) is 3.26. The second kappa shape index (κ2) is 7.04. The highest BCUT2D eigenvalue weighted by molar-refractivity contribution is 7.80. The molecular formula is C17H18N2O2S. The lowest BCUT2D eigenvalue weighted by Gasteiger charge is -2.15. The SMILES string of the molecule is COC(=O)c1cccc(NC(=S)Nc2c(C)cccc2C)c1. The van der Waals surface area contributed by atoms with Crippen LogP contribution in [0, 0.1) is 13.8 Å². The summed E-state index contributed by atoms with van der Waals surface area (Å²) in [6, 6.07) is 13.1. The van der Waals surface area contributed by atoms with Crippen molar-refractivity contribution >= 4 is 34.7 Å². The Bertz CT molecular complexity index is 693. The van der Waals surface area contributed by atoms with Crippen molar-refractivity contribution in [3.8, 4) is 0 Å². The molecule has 0 amide bonds. The van der Waals surface area contributed by atoms with Crippen molar-refractivity contribution in [1.29, 1.82) is 0 Å². The van der Waals surface area contributed by atoms with Crippen molar-refractivity contribution in [1.82, 2.24) is 0 Å². The topological polar surface area (TPSA) is 50.4 Å². The number of carbonyl (C=O) groups excluding carboxylic acids is 1. The van der Waals surface area contributed by atoms with Crippen molar-refractivity contribution in [2.75, 3.05) is 17.7 Å². The number of anilines is 2. The quantitative estimate of drug-likeness (QED) is 0.665. The monoisotopic (exact) mass is 314 g/mol. The van der Waals surface area contributed by atoms with Crippen LogP contribution in [0.4, 0.5) is 11.4 Å². The van der Waals surface area contributed by atoms with Gasteiger partial charge in [-0.25, -0.2) is 4.79 Å². The Kier molecular flexibility index (Phi) is 5.12. The number of aryl methyl sites for hydroxylation is 2. The zero-order valence-corrected chi connectivity index (χ0v) is 13.6. The Morgan fingerprint density at radius 1 is 1.05 bits per heavy atom. The Morgan fingerprint density at radius 3 is 2.32 bits per heavy atom. The van der Waals surface area contributed by atoms with E-state index in [2.05, 4.69) is 10.6 Å². The van der Waals surface area contributed by atoms with Crippen LogP contribution in [-0.2, 0) is 4.74 Å². The van der Waals surface area contributed by atoms with Crippen LogP contribution >= 0.6 is 12.2 Å². The minimum atomic E-state index is -0.378. The summed E-state index contributed by atoms with van der Waals surface area (Å²) in [7, 11) is 1.36. The number of thiocarbonyl (C=S) groups is 1. The fourth-order valence-electron chi connectivity index (χ4n) is 2.13. The molecule has 114 valence electrons. The molecule has 2 rings (SSSR count). The van der Waals surface area contributed by atoms with Gasteiger partial charge < -0.3 is 15.4 Å². The number of para-hydroxylation sites is 1. The van der Waals surface area contributed by atoms with Crippen molar-refractivity contribution < 1.29 is 9.53 Å². The molecule has 0 heterocycles. The molecule has 0 radical (unpaired) electrons. The van der Waals surface area contributed by atoms with E-state index in [9.17, 15) is 4.79 Å². The van der Waals surface area contributed by atoms with Crippen LogP contribution in [0.15, 0.2) is 42.5 Å². The van der Waals surface area contributed by atoms with Gasteiger partial charge in [-0.05, 0) is 55.4 Å². The third-order valence-corrected chi connectivity index (χ3v) is 3.47. The molecule has 22 heavy (non-hydrogen) atoms. The van der Waals surface area contributed by atoms with Crippen LogP contribution < -0.4 is 10.6 Å². The zero-order valence-electron chi connectivity index (χ0n) is 12.8. The molecule has 2 aromatic rings. The number of hydrogen-bond donors (Lipinski definition) is 2. The van der Waals surface area contributed by atoms with Crippen molar-refractivity contribution in [2.24, 2.45) is 0 Å². The maximum Gasteiger partial charge on any atom is 0.337 e. The van der Waals surface area contributed by atoms with Crippen LogP contribution in [0.1, 0.15) is 21.5 Å². The molecule has 0 aliphatic carbocycles. The Hall–Kier alpha value is -2.40. The van der Waals surface area contributed by atoms with E-state index in [1.807, 2.05) is 38.1 Å². The normalized spacial score (nSPS) is 9.95. The number of benzene rings is 2. The molecule has 2 N–H and O–H groups in total. The minimum absolute atomic E-state index is 0.378. The Morgan fingerprint density at radius 2 is 1.68 bits per heavy atom. The fourth-order valence-corrected chi connectivity index (χ4v) is 2.35. The molecule has 0 saturated carbocycles. The van der Waals surface area contributed by atoms with Gasteiger partial charge in [-0.15, -0.1) is 0 Å². The number of hydrogen-bond acceptors (Lipinski definition) is 3. The maximum atomic E-state index is 11.5. The van der Waals surface area contributed by atoms with Gasteiger partial charge in [-0.2, -0.15) is 0 Å². The summed E-state index contributed by atoms with van der Waals surface area (Å²) in [6.45, 7) is 4.05. The predicted octanol–water partition coefficient (Wildman–Crippen LogP) is 3.90. The first kappa shape index (κ1) is 16.0. The highest BCUT2D eigenvalue weighted by atomic mass is 32.1. The molecular weight excluding hydrogens is 296 g/mol. The lowest BCUT2D eigenvalue weighted by Crippen LogP contribution is -2.20. The minimum Gasteiger partial charge on any atom is -0.465 e. The summed E-state index contributed by atoms with van der Waals surface area (Å²) >= 11 is 5.34. The van der Waals surface area contributed by atoms with Gasteiger partial charge in [0.05, 0.1) is 12.7 Å². The van der Waals surface area contributed by atoms with Crippen molar-refractivity contribution in [3.05, 3.63) is 59.2 Å². The lowest BCUT2D eigenvalue weighted by molar-refractivity contribution is 0.0601. The Labute approximate surface area is 135 Å². The molecule has 0 saturated heterocycles. The van der Waals surface area contributed by atoms with Gasteiger partial charge in [-0.3, -0.25) is 0 Å². The fraction of sp³-hybridized carbons (Fsp3) is 0.176. The lowest BCUT2D eigenvalue weighted by atomic mass is 10.1. The molecule has 0 atom stereocenters. The molecule has 0 fully saturated rings. The van der Waals surface area contributed by atoms with Gasteiger partial charge >= 0.3 is 5.97 Å². The van der Waals surface area contributed by atoms with E-state index in [1.54, 1.807) is 18.2 Å². The number of nitrogens with one attached hydrogen (secondary N) is 2. The van der Waals surface area contributed by atoms with Crippen LogP contribution in [0.3, 0.4) is 0 Å². The third kappa shape index (κ3) is 3.83. The standard InChI is InChI=1S/C17H18N2O2S/c1-11-6-4-7-12(2)15(11)19-17(22)18-14-9-5-8-13(10-14)16(20)21-3/h4-10H,1-3H3,(H2,18,19,22). The smallest absolute Gasteiger partial charge is 0.337 e. The zero-order chi connectivity index (χ0) is 16.1. The van der Waals surface area contributed by atoms with E-state index in [1.165, 1.54) is 7.11 Å². The Balaban J connectivity index is 2.11. The van der Waals surface area contributed by atoms with Crippen LogP contribution in [0.25, 0.3) is 0 Å². The highest BCUT2D eigenvalue weighted by Crippen LogP contribution is 2.20. The van der Waals surface area contributed by atoms with E-state index in [0.717, 1.165) is 22.5 Å². The molecule has 0 unspecified atom stereocenters. The molecule has 5 heteroatoms. The summed E-state index contributed by atoms with van der Waals surface area (Å²) in [4.78, 5) is 11.5. The first-order chi connectivity index (χ1) is 10.5. The maximum absolute atomic E-state index is 11.5. The number of carbonyl (C=O) groups is 1. The molecule has 0 aromatic heterocycles. The first-order valence-corrected chi connectivity index (χ1v) is 7.24. The summed E-state index contributed by atoms with van der Waals surface area (Å²) in [5.41, 5.74) is 4.43. The van der Waals surface area contributed by atoms with Gasteiger partial charge in [-0.1, -0.05) is 24.3 Å². The van der Waals surface area contributed by atoms with Gasteiger partial charge in [0.25, 0.3) is 0 Å². The highest BCUT2D eigenvalue weighted by Gasteiger charge is 2.08. The van der Waals surface area contributed by atoms with E-state index in [0.29, 0.717) is 10.7 Å². The van der Waals surface area contributed by atoms with Gasteiger partial charge in [0.15, 0.2) is 5.11 Å². The van der Waals surface area contributed by atoms with E-state index in [-0.39, 0.29) is 5.97 Å². The van der Waals surface area contributed by atoms with Gasteiger partial charge in [0, 0.05) is 11.4 Å². The molecule has 0 aliphatic heterocycles. The van der Waals surface area contributed by atoms with Crippen molar-refractivity contribution in [3.63, 3.8) is 0 Å². The van der Waals surface area contributed by atoms with Crippen LogP contribution in [0.2, 0.25) is 0 Å². The predicted molar refractivity (Wildman–Crippen MR) is 93.5 cm³/mol. The molecule has 2 aromatic carbocycles. The molecule has 0 aliphatic rings. The number of ether oxygens (including phenoxy) is 1. The second-order valence-corrected chi connectivity index (χ2v) is 5.33. The van der Waals surface area contributed by atoms with E-state index < -0.39 is 0 Å². The van der Waals surface area contributed by atoms with Crippen LogP contribution in [-0.4, -0.2) is 18.2 Å². The van der Waals surface area contributed by atoms with Crippen molar-refractivity contribution in [2.45, 2.75) is 13.8 Å². The van der Waals surface area contributed by atoms with E-state index in [4.69, 9.17) is 17.0 Å². The second-order valence-electron chi connectivity index (χ2n) is 4.92.